The van der Waals surface area contributed by atoms with Crippen molar-refractivity contribution in [3.63, 3.8) is 0 Å². The first-order valence-electron chi connectivity index (χ1n) is 12.1. The number of benzene rings is 1. The number of aryl methyl sites for hydroxylation is 1. The smallest absolute Gasteiger partial charge is 0.261 e. The molecule has 8 heteroatoms. The number of amides is 3. The molecule has 0 radical (unpaired) electrons. The molecule has 1 aromatic carbocycles. The van der Waals surface area contributed by atoms with Crippen molar-refractivity contribution in [1.29, 1.82) is 0 Å². The van der Waals surface area contributed by atoms with Crippen LogP contribution in [0.3, 0.4) is 0 Å². The number of carbonyl (C=O) groups excluding carboxylic acids is 3. The second kappa shape index (κ2) is 11.8. The molecule has 2 N–H and O–H groups in total. The Bertz CT molecular complexity index is 1100. The molecule has 184 valence electrons. The Morgan fingerprint density at radius 1 is 1.09 bits per heavy atom. The molecule has 1 aliphatic rings. The van der Waals surface area contributed by atoms with E-state index in [4.69, 9.17) is 4.42 Å². The Balaban J connectivity index is 1.61. The zero-order valence-corrected chi connectivity index (χ0v) is 20.7. The molecule has 1 aliphatic carbocycles. The van der Waals surface area contributed by atoms with Gasteiger partial charge in [-0.15, -0.1) is 11.3 Å². The fourth-order valence-corrected chi connectivity index (χ4v) is 5.05. The van der Waals surface area contributed by atoms with Crippen LogP contribution in [0.2, 0.25) is 0 Å². The number of hydrogen-bond donors (Lipinski definition) is 2. The van der Waals surface area contributed by atoms with E-state index >= 15 is 0 Å². The molecule has 1 saturated carbocycles. The maximum atomic E-state index is 13.6. The van der Waals surface area contributed by atoms with Gasteiger partial charge in [0.15, 0.2) is 0 Å². The summed E-state index contributed by atoms with van der Waals surface area (Å²) in [5.41, 5.74) is 1.87. The number of rotatable bonds is 10. The summed E-state index contributed by atoms with van der Waals surface area (Å²) >= 11 is 1.31. The molecule has 1 fully saturated rings. The monoisotopic (exact) mass is 493 g/mol. The van der Waals surface area contributed by atoms with Gasteiger partial charge in [-0.25, -0.2) is 0 Å². The summed E-state index contributed by atoms with van der Waals surface area (Å²) in [6.45, 7) is 1.96. The van der Waals surface area contributed by atoms with Gasteiger partial charge in [-0.05, 0) is 54.0 Å². The minimum Gasteiger partial charge on any atom is -0.467 e. The van der Waals surface area contributed by atoms with Crippen LogP contribution in [0.4, 0.5) is 0 Å². The maximum Gasteiger partial charge on any atom is 0.261 e. The Kier molecular flexibility index (Phi) is 8.36. The van der Waals surface area contributed by atoms with Gasteiger partial charge in [0.1, 0.15) is 11.8 Å². The molecule has 1 atom stereocenters. The van der Waals surface area contributed by atoms with E-state index in [1.807, 2.05) is 29.6 Å². The molecule has 0 spiro atoms. The summed E-state index contributed by atoms with van der Waals surface area (Å²) in [4.78, 5) is 41.6. The van der Waals surface area contributed by atoms with Crippen molar-refractivity contribution in [2.24, 2.45) is 0 Å². The number of furan rings is 1. The molecule has 4 rings (SSSR count). The number of thiophene rings is 1. The predicted molar refractivity (Wildman–Crippen MR) is 135 cm³/mol. The Hall–Kier alpha value is -3.39. The fraction of sp³-hybridized carbons (Fsp3) is 0.370. The Morgan fingerprint density at radius 3 is 2.49 bits per heavy atom. The van der Waals surface area contributed by atoms with Crippen molar-refractivity contribution in [2.75, 3.05) is 6.54 Å². The molecule has 7 nitrogen and oxygen atoms in total. The first kappa shape index (κ1) is 24.7. The lowest BCUT2D eigenvalue weighted by Gasteiger charge is -2.32. The molecule has 0 bridgehead atoms. The van der Waals surface area contributed by atoms with Gasteiger partial charge in [-0.3, -0.25) is 14.4 Å². The number of carbonyl (C=O) groups is 3. The minimum atomic E-state index is -0.849. The van der Waals surface area contributed by atoms with Crippen molar-refractivity contribution >= 4 is 29.1 Å². The van der Waals surface area contributed by atoms with Gasteiger partial charge in [-0.2, -0.15) is 0 Å². The molecule has 0 saturated heterocycles. The van der Waals surface area contributed by atoms with Gasteiger partial charge in [0, 0.05) is 6.04 Å². The Morgan fingerprint density at radius 2 is 1.86 bits per heavy atom. The Labute approximate surface area is 209 Å². The van der Waals surface area contributed by atoms with Crippen LogP contribution >= 0.6 is 11.3 Å². The average Bonchev–Trinajstić information content (AvgIpc) is 3.66. The SMILES string of the molecule is CCc1ccc([C@@H](C(=O)NC2CCCC2)N(Cc2ccco2)C(=O)CNC(=O)c2cccs2)cc1. The third kappa shape index (κ3) is 6.39. The molecule has 0 aliphatic heterocycles. The number of nitrogens with zero attached hydrogens (tertiary/aromatic N) is 1. The van der Waals surface area contributed by atoms with Crippen LogP contribution in [0, 0.1) is 0 Å². The zero-order chi connectivity index (χ0) is 24.6. The van der Waals surface area contributed by atoms with Crippen LogP contribution < -0.4 is 10.6 Å². The third-order valence-electron chi connectivity index (χ3n) is 6.34. The van der Waals surface area contributed by atoms with Crippen molar-refractivity contribution in [1.82, 2.24) is 15.5 Å². The van der Waals surface area contributed by atoms with Crippen molar-refractivity contribution in [3.8, 4) is 0 Å². The lowest BCUT2D eigenvalue weighted by atomic mass is 10.0. The van der Waals surface area contributed by atoms with Crippen molar-refractivity contribution < 1.29 is 18.8 Å². The minimum absolute atomic E-state index is 0.110. The quantitative estimate of drug-likeness (QED) is 0.436. The van der Waals surface area contributed by atoms with Gasteiger partial charge in [0.05, 0.1) is 24.2 Å². The lowest BCUT2D eigenvalue weighted by molar-refractivity contribution is -0.141. The zero-order valence-electron chi connectivity index (χ0n) is 19.9. The molecule has 2 heterocycles. The first-order valence-corrected chi connectivity index (χ1v) is 13.0. The summed E-state index contributed by atoms with van der Waals surface area (Å²) in [6.07, 6.45) is 6.48. The summed E-state index contributed by atoms with van der Waals surface area (Å²) in [6, 6.07) is 14.1. The van der Waals surface area contributed by atoms with Crippen LogP contribution in [0.5, 0.6) is 0 Å². The number of nitrogens with one attached hydrogen (secondary N) is 2. The van der Waals surface area contributed by atoms with E-state index in [0.717, 1.165) is 43.2 Å². The van der Waals surface area contributed by atoms with E-state index < -0.39 is 6.04 Å². The fourth-order valence-electron chi connectivity index (χ4n) is 4.40. The molecule has 3 aromatic rings. The van der Waals surface area contributed by atoms with Crippen LogP contribution in [-0.2, 0) is 22.6 Å². The van der Waals surface area contributed by atoms with Gasteiger partial charge in [0.25, 0.3) is 5.91 Å². The van der Waals surface area contributed by atoms with Gasteiger partial charge >= 0.3 is 0 Å². The van der Waals surface area contributed by atoms with E-state index in [2.05, 4.69) is 17.6 Å². The molecule has 3 amide bonds. The molecular formula is C27H31N3O4S. The largest absolute Gasteiger partial charge is 0.467 e. The summed E-state index contributed by atoms with van der Waals surface area (Å²) in [5, 5.41) is 7.67. The van der Waals surface area contributed by atoms with E-state index in [-0.39, 0.29) is 36.9 Å². The highest BCUT2D eigenvalue weighted by Gasteiger charge is 2.34. The highest BCUT2D eigenvalue weighted by Crippen LogP contribution is 2.26. The second-order valence-corrected chi connectivity index (χ2v) is 9.70. The molecule has 35 heavy (non-hydrogen) atoms. The van der Waals surface area contributed by atoms with Crippen LogP contribution in [-0.4, -0.2) is 35.2 Å². The van der Waals surface area contributed by atoms with Gasteiger partial charge < -0.3 is 20.0 Å². The molecule has 2 aromatic heterocycles. The lowest BCUT2D eigenvalue weighted by Crippen LogP contribution is -2.48. The normalized spacial score (nSPS) is 14.4. The van der Waals surface area contributed by atoms with Crippen LogP contribution in [0.25, 0.3) is 0 Å². The summed E-state index contributed by atoms with van der Waals surface area (Å²) < 4.78 is 5.52. The molecular weight excluding hydrogens is 462 g/mol. The van der Waals surface area contributed by atoms with Gasteiger partial charge in [0.2, 0.25) is 11.8 Å². The van der Waals surface area contributed by atoms with Crippen LogP contribution in [0.1, 0.15) is 65.2 Å². The van der Waals surface area contributed by atoms with Gasteiger partial charge in [-0.1, -0.05) is 50.1 Å². The van der Waals surface area contributed by atoms with Crippen molar-refractivity contribution in [3.05, 3.63) is 81.9 Å². The summed E-state index contributed by atoms with van der Waals surface area (Å²) in [7, 11) is 0. The van der Waals surface area contributed by atoms with E-state index in [0.29, 0.717) is 10.6 Å². The van der Waals surface area contributed by atoms with E-state index in [1.165, 1.54) is 16.2 Å². The highest BCUT2D eigenvalue weighted by molar-refractivity contribution is 7.12. The first-order chi connectivity index (χ1) is 17.0. The average molecular weight is 494 g/mol. The highest BCUT2D eigenvalue weighted by atomic mass is 32.1. The maximum absolute atomic E-state index is 13.6. The van der Waals surface area contributed by atoms with Crippen LogP contribution in [0.15, 0.2) is 64.6 Å². The van der Waals surface area contributed by atoms with Crippen molar-refractivity contribution in [2.45, 2.75) is 57.7 Å². The summed E-state index contributed by atoms with van der Waals surface area (Å²) in [5.74, 6) is -0.333. The second-order valence-electron chi connectivity index (χ2n) is 8.75. The predicted octanol–water partition coefficient (Wildman–Crippen LogP) is 4.46. The standard InChI is InChI=1S/C27H31N3O4S/c1-2-19-11-13-20(14-12-19)25(27(33)29-21-7-3-4-8-21)30(18-22-9-5-15-34-22)24(31)17-28-26(32)23-10-6-16-35-23/h5-6,9-16,21,25H,2-4,7-8,17-18H2,1H3,(H,28,32)(H,29,33)/t25-/m0/s1. The number of hydrogen-bond acceptors (Lipinski definition) is 5. The molecule has 0 unspecified atom stereocenters. The third-order valence-corrected chi connectivity index (χ3v) is 7.21. The van der Waals surface area contributed by atoms with E-state index in [1.54, 1.807) is 30.5 Å². The van der Waals surface area contributed by atoms with E-state index in [9.17, 15) is 14.4 Å². The topological polar surface area (TPSA) is 91.7 Å².